The number of halogens is 1. The van der Waals surface area contributed by atoms with Crippen molar-refractivity contribution in [1.82, 2.24) is 15.6 Å². The van der Waals surface area contributed by atoms with Crippen LogP contribution in [0.5, 0.6) is 11.5 Å². The van der Waals surface area contributed by atoms with E-state index in [9.17, 15) is 5.11 Å². The van der Waals surface area contributed by atoms with E-state index in [2.05, 4.69) is 27.5 Å². The van der Waals surface area contributed by atoms with E-state index >= 15 is 0 Å². The molecule has 150 valence electrons. The quantitative estimate of drug-likeness (QED) is 0.292. The Labute approximate surface area is 182 Å². The molecule has 2 rings (SSSR count). The molecule has 0 amide bonds. The summed E-state index contributed by atoms with van der Waals surface area (Å²) in [6.45, 7) is 8.33. The predicted octanol–water partition coefficient (Wildman–Crippen LogP) is 3.43. The van der Waals surface area contributed by atoms with Crippen molar-refractivity contribution in [3.05, 3.63) is 39.3 Å². The van der Waals surface area contributed by atoms with Gasteiger partial charge in [0.25, 0.3) is 0 Å². The molecule has 1 aromatic heterocycles. The molecule has 1 heterocycles. The van der Waals surface area contributed by atoms with Crippen LogP contribution in [0.25, 0.3) is 0 Å². The lowest BCUT2D eigenvalue weighted by Gasteiger charge is -2.12. The third-order valence-corrected chi connectivity index (χ3v) is 5.13. The van der Waals surface area contributed by atoms with E-state index in [1.165, 1.54) is 4.88 Å². The molecule has 1 aromatic carbocycles. The molecule has 0 aliphatic heterocycles. The van der Waals surface area contributed by atoms with Crippen molar-refractivity contribution < 1.29 is 9.84 Å². The number of rotatable bonds is 8. The first-order valence-corrected chi connectivity index (χ1v) is 9.66. The molecule has 0 aliphatic carbocycles. The molecule has 0 aliphatic rings. The van der Waals surface area contributed by atoms with Crippen LogP contribution >= 0.6 is 35.3 Å². The van der Waals surface area contributed by atoms with E-state index in [0.717, 1.165) is 35.2 Å². The fraction of sp³-hybridized carbons (Fsp3) is 0.474. The van der Waals surface area contributed by atoms with E-state index < -0.39 is 0 Å². The molecular weight excluding hydrogens is 475 g/mol. The normalized spacial score (nSPS) is 11.0. The fourth-order valence-electron chi connectivity index (χ4n) is 2.50. The molecule has 0 radical (unpaired) electrons. The predicted molar refractivity (Wildman–Crippen MR) is 123 cm³/mol. The zero-order valence-corrected chi connectivity index (χ0v) is 19.5. The minimum absolute atomic E-state index is 0. The Morgan fingerprint density at radius 2 is 2.04 bits per heavy atom. The highest BCUT2D eigenvalue weighted by molar-refractivity contribution is 14.0. The molecule has 0 fully saturated rings. The number of methoxy groups -OCH3 is 1. The van der Waals surface area contributed by atoms with Crippen LogP contribution in [0.2, 0.25) is 0 Å². The van der Waals surface area contributed by atoms with Gasteiger partial charge in [-0.2, -0.15) is 0 Å². The number of guanidine groups is 1. The number of aryl methyl sites for hydroxylation is 2. The highest BCUT2D eigenvalue weighted by Gasteiger charge is 2.07. The molecule has 8 heteroatoms. The van der Waals surface area contributed by atoms with Gasteiger partial charge in [0.15, 0.2) is 17.5 Å². The maximum atomic E-state index is 10.1. The number of benzene rings is 1. The van der Waals surface area contributed by atoms with Crippen LogP contribution in [0.1, 0.15) is 28.1 Å². The first-order chi connectivity index (χ1) is 12.5. The Kier molecular flexibility index (Phi) is 10.5. The zero-order valence-electron chi connectivity index (χ0n) is 16.3. The SMILES string of the molecule is CCNC(=NCCc1nc(C)c(C)s1)NCCc1cccc(OC)c1O.I. The smallest absolute Gasteiger partial charge is 0.191 e. The lowest BCUT2D eigenvalue weighted by atomic mass is 10.1. The van der Waals surface area contributed by atoms with Gasteiger partial charge in [0.2, 0.25) is 0 Å². The van der Waals surface area contributed by atoms with E-state index in [1.54, 1.807) is 24.5 Å². The van der Waals surface area contributed by atoms with Gasteiger partial charge in [-0.3, -0.25) is 4.99 Å². The minimum atomic E-state index is 0. The molecule has 0 spiro atoms. The number of phenols is 1. The van der Waals surface area contributed by atoms with Crippen LogP contribution in [0.3, 0.4) is 0 Å². The van der Waals surface area contributed by atoms with Crippen molar-refractivity contribution in [2.45, 2.75) is 33.6 Å². The van der Waals surface area contributed by atoms with Crippen molar-refractivity contribution in [2.24, 2.45) is 4.99 Å². The molecule has 0 saturated heterocycles. The van der Waals surface area contributed by atoms with E-state index in [1.807, 2.05) is 26.0 Å². The van der Waals surface area contributed by atoms with Gasteiger partial charge < -0.3 is 20.5 Å². The van der Waals surface area contributed by atoms with Gasteiger partial charge in [-0.05, 0) is 38.8 Å². The number of para-hydroxylation sites is 1. The number of nitrogens with one attached hydrogen (secondary N) is 2. The second-order valence-corrected chi connectivity index (χ2v) is 7.19. The Balaban J connectivity index is 0.00000364. The van der Waals surface area contributed by atoms with Crippen LogP contribution in [-0.4, -0.2) is 42.8 Å². The van der Waals surface area contributed by atoms with Gasteiger partial charge in [-0.15, -0.1) is 35.3 Å². The maximum Gasteiger partial charge on any atom is 0.191 e. The summed E-state index contributed by atoms with van der Waals surface area (Å²) in [4.78, 5) is 10.4. The van der Waals surface area contributed by atoms with Crippen LogP contribution in [0.15, 0.2) is 23.2 Å². The number of aromatic hydroxyl groups is 1. The number of nitrogens with zero attached hydrogens (tertiary/aromatic N) is 2. The van der Waals surface area contributed by atoms with Crippen molar-refractivity contribution in [1.29, 1.82) is 0 Å². The largest absolute Gasteiger partial charge is 0.504 e. The first-order valence-electron chi connectivity index (χ1n) is 8.85. The highest BCUT2D eigenvalue weighted by Crippen LogP contribution is 2.29. The average molecular weight is 504 g/mol. The van der Waals surface area contributed by atoms with Crippen LogP contribution < -0.4 is 15.4 Å². The van der Waals surface area contributed by atoms with Gasteiger partial charge in [0, 0.05) is 30.9 Å². The molecule has 6 nitrogen and oxygen atoms in total. The number of hydrogen-bond acceptors (Lipinski definition) is 5. The number of ether oxygens (including phenoxy) is 1. The Bertz CT molecular complexity index is 730. The lowest BCUT2D eigenvalue weighted by Crippen LogP contribution is -2.38. The second kappa shape index (κ2) is 12.0. The van der Waals surface area contributed by atoms with Crippen LogP contribution in [0.4, 0.5) is 0 Å². The van der Waals surface area contributed by atoms with E-state index in [-0.39, 0.29) is 29.7 Å². The molecule has 0 atom stereocenters. The molecular formula is C19H29IN4O2S. The van der Waals surface area contributed by atoms with E-state index in [0.29, 0.717) is 25.3 Å². The number of aliphatic imine (C=N–C) groups is 1. The van der Waals surface area contributed by atoms with Crippen molar-refractivity contribution in [3.8, 4) is 11.5 Å². The summed E-state index contributed by atoms with van der Waals surface area (Å²) in [5, 5.41) is 17.8. The number of hydrogen-bond donors (Lipinski definition) is 3. The number of aromatic nitrogens is 1. The topological polar surface area (TPSA) is 78.8 Å². The zero-order chi connectivity index (χ0) is 18.9. The Hall–Kier alpha value is -1.55. The summed E-state index contributed by atoms with van der Waals surface area (Å²) in [6, 6.07) is 5.53. The van der Waals surface area contributed by atoms with Gasteiger partial charge in [0.05, 0.1) is 17.8 Å². The summed E-state index contributed by atoms with van der Waals surface area (Å²) in [5.74, 6) is 1.48. The van der Waals surface area contributed by atoms with Crippen LogP contribution in [0, 0.1) is 13.8 Å². The van der Waals surface area contributed by atoms with Gasteiger partial charge in [-0.1, -0.05) is 12.1 Å². The Morgan fingerprint density at radius 1 is 1.26 bits per heavy atom. The van der Waals surface area contributed by atoms with Gasteiger partial charge in [-0.25, -0.2) is 4.98 Å². The fourth-order valence-corrected chi connectivity index (χ4v) is 3.42. The molecule has 0 bridgehead atoms. The standard InChI is InChI=1S/C19H28N4O2S.HI/c1-5-20-19(22-12-10-17-23-13(2)14(3)26-17)21-11-9-15-7-6-8-16(25-4)18(15)24;/h6-8,24H,5,9-12H2,1-4H3,(H2,20,21,22);1H. The Morgan fingerprint density at radius 3 is 2.67 bits per heavy atom. The first kappa shape index (κ1) is 23.5. The average Bonchev–Trinajstić information content (AvgIpc) is 2.94. The molecule has 0 saturated carbocycles. The number of thiazole rings is 1. The molecule has 2 aromatic rings. The molecule has 0 unspecified atom stereocenters. The second-order valence-electron chi connectivity index (χ2n) is 5.90. The third-order valence-electron chi connectivity index (χ3n) is 4.00. The summed E-state index contributed by atoms with van der Waals surface area (Å²) >= 11 is 1.74. The number of phenolic OH excluding ortho intramolecular Hbond substituents is 1. The minimum Gasteiger partial charge on any atom is -0.504 e. The summed E-state index contributed by atoms with van der Waals surface area (Å²) < 4.78 is 5.15. The lowest BCUT2D eigenvalue weighted by molar-refractivity contribution is 0.370. The summed E-state index contributed by atoms with van der Waals surface area (Å²) in [7, 11) is 1.55. The van der Waals surface area contributed by atoms with Crippen molar-refractivity contribution >= 4 is 41.3 Å². The highest BCUT2D eigenvalue weighted by atomic mass is 127. The van der Waals surface area contributed by atoms with Gasteiger partial charge in [0.1, 0.15) is 0 Å². The summed E-state index contributed by atoms with van der Waals surface area (Å²) in [6.07, 6.45) is 1.52. The maximum absolute atomic E-state index is 10.1. The monoisotopic (exact) mass is 504 g/mol. The van der Waals surface area contributed by atoms with Gasteiger partial charge >= 0.3 is 0 Å². The van der Waals surface area contributed by atoms with Crippen molar-refractivity contribution in [3.63, 3.8) is 0 Å². The molecule has 3 N–H and O–H groups in total. The summed E-state index contributed by atoms with van der Waals surface area (Å²) in [5.41, 5.74) is 1.96. The van der Waals surface area contributed by atoms with Crippen LogP contribution in [-0.2, 0) is 12.8 Å². The van der Waals surface area contributed by atoms with Crippen molar-refractivity contribution in [2.75, 3.05) is 26.7 Å². The third kappa shape index (κ3) is 7.17. The molecule has 27 heavy (non-hydrogen) atoms. The van der Waals surface area contributed by atoms with E-state index in [4.69, 9.17) is 4.74 Å².